The summed E-state index contributed by atoms with van der Waals surface area (Å²) in [6, 6.07) is 13.4. The molecule has 2 fully saturated rings. The van der Waals surface area contributed by atoms with Crippen LogP contribution >= 0.6 is 11.6 Å². The summed E-state index contributed by atoms with van der Waals surface area (Å²) in [5, 5.41) is 0.623. The van der Waals surface area contributed by atoms with Crippen molar-refractivity contribution in [1.82, 2.24) is 4.90 Å². The molecule has 2 N–H and O–H groups in total. The van der Waals surface area contributed by atoms with Gasteiger partial charge in [-0.05, 0) is 48.9 Å². The van der Waals surface area contributed by atoms with Crippen LogP contribution in [0.5, 0.6) is 0 Å². The molecule has 2 saturated heterocycles. The molecular weight excluding hydrogens is 382 g/mol. The van der Waals surface area contributed by atoms with Crippen LogP contribution in [0.2, 0.25) is 5.02 Å². The van der Waals surface area contributed by atoms with Crippen LogP contribution in [0.4, 0.5) is 8.78 Å². The first-order valence-electron chi connectivity index (χ1n) is 9.64. The fourth-order valence-electron chi connectivity index (χ4n) is 4.56. The lowest BCUT2D eigenvalue weighted by Gasteiger charge is -2.38. The second-order valence-electron chi connectivity index (χ2n) is 7.88. The first kappa shape index (κ1) is 19.3. The number of hydrogen-bond acceptors (Lipinski definition) is 2. The molecule has 2 unspecified atom stereocenters. The van der Waals surface area contributed by atoms with Crippen molar-refractivity contribution < 1.29 is 13.6 Å². The molecule has 2 heterocycles. The zero-order valence-electron chi connectivity index (χ0n) is 15.5. The molecular formula is C22H23ClF2N2O. The number of alkyl halides is 2. The molecule has 0 saturated carbocycles. The first-order chi connectivity index (χ1) is 13.3. The van der Waals surface area contributed by atoms with E-state index in [-0.39, 0.29) is 23.7 Å². The van der Waals surface area contributed by atoms with Crippen LogP contribution in [0.3, 0.4) is 0 Å². The van der Waals surface area contributed by atoms with Gasteiger partial charge in [-0.25, -0.2) is 8.78 Å². The minimum atomic E-state index is -3.20. The third-order valence-electron chi connectivity index (χ3n) is 5.92. The summed E-state index contributed by atoms with van der Waals surface area (Å²) in [6.45, 7) is 0. The molecule has 1 amide bonds. The van der Waals surface area contributed by atoms with E-state index in [2.05, 4.69) is 0 Å². The molecule has 2 aliphatic rings. The highest BCUT2D eigenvalue weighted by Crippen LogP contribution is 2.39. The van der Waals surface area contributed by atoms with Crippen LogP contribution in [0.1, 0.15) is 37.7 Å². The van der Waals surface area contributed by atoms with Crippen molar-refractivity contribution in [2.45, 2.75) is 56.2 Å². The second-order valence-corrected chi connectivity index (χ2v) is 8.32. The van der Waals surface area contributed by atoms with Crippen molar-refractivity contribution in [2.75, 3.05) is 0 Å². The number of carbonyl (C=O) groups is 1. The SMILES string of the molecule is NC1CC2CCC(C1)N2C(=O)CC(F)(F)c1ccc(-c2ccc(Cl)cc2)cc1. The molecule has 2 aliphatic heterocycles. The van der Waals surface area contributed by atoms with E-state index in [0.29, 0.717) is 17.9 Å². The van der Waals surface area contributed by atoms with Gasteiger partial charge in [0.25, 0.3) is 5.92 Å². The lowest BCUT2D eigenvalue weighted by atomic mass is 9.96. The van der Waals surface area contributed by atoms with E-state index in [1.54, 1.807) is 29.2 Å². The molecule has 3 nitrogen and oxygen atoms in total. The van der Waals surface area contributed by atoms with Crippen molar-refractivity contribution in [2.24, 2.45) is 5.73 Å². The van der Waals surface area contributed by atoms with Gasteiger partial charge in [-0.15, -0.1) is 0 Å². The van der Waals surface area contributed by atoms with Crippen LogP contribution in [0.25, 0.3) is 11.1 Å². The average Bonchev–Trinajstić information content (AvgIpc) is 2.94. The lowest BCUT2D eigenvalue weighted by molar-refractivity contribution is -0.144. The van der Waals surface area contributed by atoms with Crippen LogP contribution in [-0.2, 0) is 10.7 Å². The number of fused-ring (bicyclic) bond motifs is 2. The molecule has 0 aromatic heterocycles. The fraction of sp³-hybridized carbons (Fsp3) is 0.409. The van der Waals surface area contributed by atoms with Gasteiger partial charge in [-0.2, -0.15) is 0 Å². The Morgan fingerprint density at radius 1 is 1.00 bits per heavy atom. The summed E-state index contributed by atoms with van der Waals surface area (Å²) in [7, 11) is 0. The Kier molecular flexibility index (Phi) is 5.15. The predicted molar refractivity (Wildman–Crippen MR) is 106 cm³/mol. The van der Waals surface area contributed by atoms with Gasteiger partial charge in [0.1, 0.15) is 0 Å². The van der Waals surface area contributed by atoms with Gasteiger partial charge >= 0.3 is 0 Å². The van der Waals surface area contributed by atoms with Crippen molar-refractivity contribution in [3.8, 4) is 11.1 Å². The Morgan fingerprint density at radius 2 is 1.50 bits per heavy atom. The number of carbonyl (C=O) groups excluding carboxylic acids is 1. The number of piperidine rings is 1. The van der Waals surface area contributed by atoms with Crippen molar-refractivity contribution in [1.29, 1.82) is 0 Å². The monoisotopic (exact) mass is 404 g/mol. The van der Waals surface area contributed by atoms with Gasteiger partial charge < -0.3 is 10.6 Å². The number of rotatable bonds is 4. The van der Waals surface area contributed by atoms with Gasteiger partial charge in [-0.3, -0.25) is 4.79 Å². The van der Waals surface area contributed by atoms with Crippen molar-refractivity contribution in [3.05, 3.63) is 59.1 Å². The molecule has 0 spiro atoms. The van der Waals surface area contributed by atoms with E-state index in [4.69, 9.17) is 17.3 Å². The zero-order chi connectivity index (χ0) is 19.9. The van der Waals surface area contributed by atoms with Crippen molar-refractivity contribution in [3.63, 3.8) is 0 Å². The van der Waals surface area contributed by atoms with E-state index >= 15 is 0 Å². The molecule has 2 atom stereocenters. The zero-order valence-corrected chi connectivity index (χ0v) is 16.2. The summed E-state index contributed by atoms with van der Waals surface area (Å²) in [5.74, 6) is -3.67. The molecule has 2 aromatic rings. The average molecular weight is 405 g/mol. The highest BCUT2D eigenvalue weighted by molar-refractivity contribution is 6.30. The third-order valence-corrected chi connectivity index (χ3v) is 6.17. The maximum Gasteiger partial charge on any atom is 0.281 e. The number of nitrogens with two attached hydrogens (primary N) is 1. The summed E-state index contributed by atoms with van der Waals surface area (Å²) >= 11 is 5.89. The molecule has 2 aromatic carbocycles. The second kappa shape index (κ2) is 7.45. The Hall–Kier alpha value is -1.98. The lowest BCUT2D eigenvalue weighted by Crippen LogP contribution is -2.51. The standard InChI is InChI=1S/C22H23ClF2N2O/c23-17-7-3-15(4-8-17)14-1-5-16(6-2-14)22(24,25)13-21(28)27-19-9-10-20(27)12-18(26)11-19/h1-8,18-20H,9-13,26H2. The normalized spacial score (nSPS) is 24.4. The van der Waals surface area contributed by atoms with E-state index in [0.717, 1.165) is 24.0 Å². The minimum Gasteiger partial charge on any atom is -0.336 e. The molecule has 4 rings (SSSR count). The molecule has 148 valence electrons. The van der Waals surface area contributed by atoms with Gasteiger partial charge in [0, 0.05) is 28.7 Å². The number of benzene rings is 2. The maximum absolute atomic E-state index is 14.8. The number of hydrogen-bond donors (Lipinski definition) is 1. The molecule has 6 heteroatoms. The summed E-state index contributed by atoms with van der Waals surface area (Å²) < 4.78 is 29.6. The van der Waals surface area contributed by atoms with Crippen LogP contribution < -0.4 is 5.73 Å². The highest BCUT2D eigenvalue weighted by Gasteiger charge is 2.45. The van der Waals surface area contributed by atoms with Gasteiger partial charge in [0.2, 0.25) is 5.91 Å². The van der Waals surface area contributed by atoms with Crippen LogP contribution in [0.15, 0.2) is 48.5 Å². The molecule has 28 heavy (non-hydrogen) atoms. The topological polar surface area (TPSA) is 46.3 Å². The molecule has 0 radical (unpaired) electrons. The van der Waals surface area contributed by atoms with E-state index in [9.17, 15) is 13.6 Å². The quantitative estimate of drug-likeness (QED) is 0.782. The summed E-state index contributed by atoms with van der Waals surface area (Å²) in [5.41, 5.74) is 7.60. The van der Waals surface area contributed by atoms with E-state index in [1.165, 1.54) is 12.1 Å². The van der Waals surface area contributed by atoms with Crippen molar-refractivity contribution >= 4 is 17.5 Å². The predicted octanol–water partition coefficient (Wildman–Crippen LogP) is 4.97. The maximum atomic E-state index is 14.8. The smallest absolute Gasteiger partial charge is 0.281 e. The Bertz CT molecular complexity index is 840. The summed E-state index contributed by atoms with van der Waals surface area (Å²) in [6.07, 6.45) is 2.36. The first-order valence-corrected chi connectivity index (χ1v) is 10.0. The number of nitrogens with zero attached hydrogens (tertiary/aromatic N) is 1. The minimum absolute atomic E-state index is 0.0179. The van der Waals surface area contributed by atoms with E-state index < -0.39 is 18.3 Å². The third kappa shape index (κ3) is 3.78. The van der Waals surface area contributed by atoms with Crippen LogP contribution in [-0.4, -0.2) is 28.9 Å². The van der Waals surface area contributed by atoms with Gasteiger partial charge in [0.05, 0.1) is 6.42 Å². The van der Waals surface area contributed by atoms with Crippen LogP contribution in [0, 0.1) is 0 Å². The number of amides is 1. The summed E-state index contributed by atoms with van der Waals surface area (Å²) in [4.78, 5) is 14.3. The molecule has 0 aliphatic carbocycles. The number of halogens is 3. The Labute approximate surface area is 168 Å². The molecule has 2 bridgehead atoms. The fourth-order valence-corrected chi connectivity index (χ4v) is 4.68. The van der Waals surface area contributed by atoms with E-state index in [1.807, 2.05) is 12.1 Å². The Balaban J connectivity index is 1.47. The highest BCUT2D eigenvalue weighted by atomic mass is 35.5. The Morgan fingerprint density at radius 3 is 2.04 bits per heavy atom. The van der Waals surface area contributed by atoms with Gasteiger partial charge in [0.15, 0.2) is 0 Å². The van der Waals surface area contributed by atoms with Gasteiger partial charge in [-0.1, -0.05) is 48.0 Å². The largest absolute Gasteiger partial charge is 0.336 e.